The third kappa shape index (κ3) is 4.38. The first-order valence-electron chi connectivity index (χ1n) is 8.59. The van der Waals surface area contributed by atoms with Crippen molar-refractivity contribution < 1.29 is 14.3 Å². The SMILES string of the molecule is CCOC(=O)c1cnc2c(Cl)cc(Cl)cc2c1NCCN1CCOCC1. The minimum Gasteiger partial charge on any atom is -0.462 e. The number of halogens is 2. The first-order valence-corrected chi connectivity index (χ1v) is 9.34. The predicted molar refractivity (Wildman–Crippen MR) is 103 cm³/mol. The van der Waals surface area contributed by atoms with E-state index in [9.17, 15) is 4.79 Å². The average molecular weight is 398 g/mol. The van der Waals surface area contributed by atoms with Gasteiger partial charge in [0.1, 0.15) is 5.56 Å². The van der Waals surface area contributed by atoms with Crippen LogP contribution >= 0.6 is 23.2 Å². The fourth-order valence-electron chi connectivity index (χ4n) is 2.94. The van der Waals surface area contributed by atoms with Crippen LogP contribution < -0.4 is 5.32 Å². The number of nitrogens with zero attached hydrogens (tertiary/aromatic N) is 2. The summed E-state index contributed by atoms with van der Waals surface area (Å²) < 4.78 is 10.5. The highest BCUT2D eigenvalue weighted by molar-refractivity contribution is 6.38. The van der Waals surface area contributed by atoms with Gasteiger partial charge in [-0.1, -0.05) is 23.2 Å². The molecule has 1 saturated heterocycles. The number of fused-ring (bicyclic) bond motifs is 1. The molecule has 0 radical (unpaired) electrons. The highest BCUT2D eigenvalue weighted by Crippen LogP contribution is 2.33. The summed E-state index contributed by atoms with van der Waals surface area (Å²) in [6, 6.07) is 3.40. The Kier molecular flexibility index (Phi) is 6.53. The molecule has 1 N–H and O–H groups in total. The lowest BCUT2D eigenvalue weighted by Crippen LogP contribution is -2.39. The summed E-state index contributed by atoms with van der Waals surface area (Å²) in [5.74, 6) is -0.424. The maximum absolute atomic E-state index is 12.3. The van der Waals surface area contributed by atoms with Crippen LogP contribution in [0.3, 0.4) is 0 Å². The third-order valence-corrected chi connectivity index (χ3v) is 4.72. The van der Waals surface area contributed by atoms with Gasteiger partial charge >= 0.3 is 5.97 Å². The number of anilines is 1. The van der Waals surface area contributed by atoms with Gasteiger partial charge in [0.05, 0.1) is 36.0 Å². The van der Waals surface area contributed by atoms with E-state index in [1.165, 1.54) is 6.20 Å². The average Bonchev–Trinajstić information content (AvgIpc) is 2.63. The fraction of sp³-hybridized carbons (Fsp3) is 0.444. The van der Waals surface area contributed by atoms with Crippen molar-refractivity contribution in [3.8, 4) is 0 Å². The Hall–Kier alpha value is -1.60. The third-order valence-electron chi connectivity index (χ3n) is 4.22. The van der Waals surface area contributed by atoms with E-state index in [-0.39, 0.29) is 0 Å². The molecule has 0 bridgehead atoms. The zero-order chi connectivity index (χ0) is 18.5. The molecule has 0 amide bonds. The normalized spacial score (nSPS) is 15.2. The number of ether oxygens (including phenoxy) is 2. The van der Waals surface area contributed by atoms with Crippen molar-refractivity contribution in [3.05, 3.63) is 33.9 Å². The molecule has 0 spiro atoms. The number of rotatable bonds is 6. The molecule has 3 rings (SSSR count). The predicted octanol–water partition coefficient (Wildman–Crippen LogP) is 3.46. The van der Waals surface area contributed by atoms with Crippen LogP contribution in [-0.4, -0.2) is 61.9 Å². The second-order valence-corrected chi connectivity index (χ2v) is 6.78. The van der Waals surface area contributed by atoms with E-state index >= 15 is 0 Å². The van der Waals surface area contributed by atoms with Crippen molar-refractivity contribution in [2.45, 2.75) is 6.92 Å². The van der Waals surface area contributed by atoms with Gasteiger partial charge in [0, 0.05) is 42.8 Å². The van der Waals surface area contributed by atoms with Crippen molar-refractivity contribution in [3.63, 3.8) is 0 Å². The van der Waals surface area contributed by atoms with Crippen molar-refractivity contribution >= 4 is 45.8 Å². The van der Waals surface area contributed by atoms with Crippen LogP contribution in [0.4, 0.5) is 5.69 Å². The second-order valence-electron chi connectivity index (χ2n) is 5.93. The molecule has 0 aliphatic carbocycles. The zero-order valence-electron chi connectivity index (χ0n) is 14.6. The number of carbonyl (C=O) groups is 1. The van der Waals surface area contributed by atoms with E-state index in [1.54, 1.807) is 19.1 Å². The van der Waals surface area contributed by atoms with Crippen LogP contribution in [0.1, 0.15) is 17.3 Å². The number of benzene rings is 1. The van der Waals surface area contributed by atoms with Crippen molar-refractivity contribution in [1.29, 1.82) is 0 Å². The molecule has 2 heterocycles. The standard InChI is InChI=1S/C18H21Cl2N3O3/c1-2-26-18(24)14-11-22-17-13(9-12(19)10-15(17)20)16(14)21-3-4-23-5-7-25-8-6-23/h9-11H,2-8H2,1H3,(H,21,22). The largest absolute Gasteiger partial charge is 0.462 e. The van der Waals surface area contributed by atoms with Gasteiger partial charge < -0.3 is 14.8 Å². The Balaban J connectivity index is 1.90. The van der Waals surface area contributed by atoms with Crippen LogP contribution in [0, 0.1) is 0 Å². The lowest BCUT2D eigenvalue weighted by atomic mass is 10.1. The number of hydrogen-bond acceptors (Lipinski definition) is 6. The summed E-state index contributed by atoms with van der Waals surface area (Å²) in [5, 5.41) is 4.99. The van der Waals surface area contributed by atoms with Crippen LogP contribution in [0.25, 0.3) is 10.9 Å². The summed E-state index contributed by atoms with van der Waals surface area (Å²) in [4.78, 5) is 19.0. The van der Waals surface area contributed by atoms with Gasteiger partial charge in [-0.25, -0.2) is 4.79 Å². The van der Waals surface area contributed by atoms with E-state index in [0.29, 0.717) is 45.4 Å². The Morgan fingerprint density at radius 3 is 2.85 bits per heavy atom. The first-order chi connectivity index (χ1) is 12.6. The van der Waals surface area contributed by atoms with E-state index in [2.05, 4.69) is 15.2 Å². The monoisotopic (exact) mass is 397 g/mol. The molecule has 1 fully saturated rings. The molecular formula is C18H21Cl2N3O3. The molecule has 1 aliphatic heterocycles. The Bertz CT molecular complexity index is 795. The second kappa shape index (κ2) is 8.86. The number of hydrogen-bond donors (Lipinski definition) is 1. The number of nitrogens with one attached hydrogen (secondary N) is 1. The topological polar surface area (TPSA) is 63.7 Å². The molecule has 140 valence electrons. The highest BCUT2D eigenvalue weighted by Gasteiger charge is 2.19. The molecule has 1 aliphatic rings. The molecule has 2 aromatic rings. The quantitative estimate of drug-likeness (QED) is 0.752. The summed E-state index contributed by atoms with van der Waals surface area (Å²) in [7, 11) is 0. The van der Waals surface area contributed by atoms with Crippen molar-refractivity contribution in [2.24, 2.45) is 0 Å². The molecule has 6 nitrogen and oxygen atoms in total. The molecular weight excluding hydrogens is 377 g/mol. The minimum atomic E-state index is -0.424. The van der Waals surface area contributed by atoms with Gasteiger partial charge in [-0.15, -0.1) is 0 Å². The molecule has 0 saturated carbocycles. The minimum absolute atomic E-state index is 0.292. The first kappa shape index (κ1) is 19.2. The highest BCUT2D eigenvalue weighted by atomic mass is 35.5. The molecule has 8 heteroatoms. The molecule has 0 unspecified atom stereocenters. The molecule has 1 aromatic carbocycles. The van der Waals surface area contributed by atoms with E-state index < -0.39 is 5.97 Å². The lowest BCUT2D eigenvalue weighted by molar-refractivity contribution is 0.0398. The number of carbonyl (C=O) groups excluding carboxylic acids is 1. The maximum Gasteiger partial charge on any atom is 0.341 e. The van der Waals surface area contributed by atoms with Gasteiger partial charge in [0.2, 0.25) is 0 Å². The van der Waals surface area contributed by atoms with Crippen molar-refractivity contribution in [2.75, 3.05) is 51.3 Å². The summed E-state index contributed by atoms with van der Waals surface area (Å²) in [5.41, 5.74) is 1.61. The zero-order valence-corrected chi connectivity index (χ0v) is 16.1. The Morgan fingerprint density at radius 2 is 2.12 bits per heavy atom. The van der Waals surface area contributed by atoms with Crippen LogP contribution in [0.5, 0.6) is 0 Å². The summed E-state index contributed by atoms with van der Waals surface area (Å²) in [6.07, 6.45) is 1.50. The fourth-order valence-corrected chi connectivity index (χ4v) is 3.49. The van der Waals surface area contributed by atoms with Crippen LogP contribution in [0.2, 0.25) is 10.0 Å². The van der Waals surface area contributed by atoms with Gasteiger partial charge in [-0.05, 0) is 19.1 Å². The van der Waals surface area contributed by atoms with Gasteiger partial charge in [0.25, 0.3) is 0 Å². The van der Waals surface area contributed by atoms with Gasteiger partial charge in [-0.2, -0.15) is 0 Å². The molecule has 26 heavy (non-hydrogen) atoms. The number of aromatic nitrogens is 1. The van der Waals surface area contributed by atoms with Crippen LogP contribution in [0.15, 0.2) is 18.3 Å². The van der Waals surface area contributed by atoms with Gasteiger partial charge in [-0.3, -0.25) is 9.88 Å². The molecule has 0 atom stereocenters. The Morgan fingerprint density at radius 1 is 1.35 bits per heavy atom. The van der Waals surface area contributed by atoms with E-state index in [4.69, 9.17) is 32.7 Å². The van der Waals surface area contributed by atoms with Crippen molar-refractivity contribution in [1.82, 2.24) is 9.88 Å². The number of esters is 1. The lowest BCUT2D eigenvalue weighted by Gasteiger charge is -2.27. The smallest absolute Gasteiger partial charge is 0.341 e. The van der Waals surface area contributed by atoms with E-state index in [0.717, 1.165) is 32.8 Å². The number of morpholine rings is 1. The maximum atomic E-state index is 12.3. The molecule has 1 aromatic heterocycles. The summed E-state index contributed by atoms with van der Waals surface area (Å²) >= 11 is 12.4. The number of pyridine rings is 1. The van der Waals surface area contributed by atoms with Crippen LogP contribution in [-0.2, 0) is 9.47 Å². The summed E-state index contributed by atoms with van der Waals surface area (Å²) in [6.45, 7) is 6.86. The Labute approximate surface area is 162 Å². The van der Waals surface area contributed by atoms with E-state index in [1.807, 2.05) is 0 Å². The van der Waals surface area contributed by atoms with Gasteiger partial charge in [0.15, 0.2) is 0 Å².